The molecule has 1 saturated carbocycles. The van der Waals surface area contributed by atoms with E-state index >= 15 is 0 Å². The van der Waals surface area contributed by atoms with Gasteiger partial charge in [0.25, 0.3) is 5.91 Å². The van der Waals surface area contributed by atoms with Crippen LogP contribution >= 0.6 is 12.4 Å². The van der Waals surface area contributed by atoms with Gasteiger partial charge in [-0.15, -0.1) is 12.4 Å². The summed E-state index contributed by atoms with van der Waals surface area (Å²) in [5.41, 5.74) is 2.29. The molecule has 11 heteroatoms. The second-order valence-electron chi connectivity index (χ2n) is 7.57. The molecule has 0 spiro atoms. The predicted molar refractivity (Wildman–Crippen MR) is 119 cm³/mol. The number of nitrogens with zero attached hydrogens (tertiary/aromatic N) is 2. The molecule has 0 bridgehead atoms. The first kappa shape index (κ1) is 26.0. The molecule has 1 heterocycles. The van der Waals surface area contributed by atoms with Crippen LogP contribution in [-0.4, -0.2) is 53.2 Å². The number of hydroxylamine groups is 1. The van der Waals surface area contributed by atoms with E-state index in [9.17, 15) is 23.5 Å². The second-order valence-corrected chi connectivity index (χ2v) is 9.46. The Kier molecular flexibility index (Phi) is 9.41. The molecule has 1 atom stereocenters. The minimum Gasteiger partial charge on any atom is -0.497 e. The highest BCUT2D eigenvalue weighted by Crippen LogP contribution is 2.33. The van der Waals surface area contributed by atoms with Gasteiger partial charge in [-0.3, -0.25) is 15.0 Å². The van der Waals surface area contributed by atoms with E-state index in [0.717, 1.165) is 4.31 Å². The van der Waals surface area contributed by atoms with Crippen LogP contribution in [0.15, 0.2) is 53.7 Å². The molecule has 32 heavy (non-hydrogen) atoms. The highest BCUT2D eigenvalue weighted by Gasteiger charge is 2.42. The number of halogens is 1. The fourth-order valence-electron chi connectivity index (χ4n) is 3.95. The van der Waals surface area contributed by atoms with Gasteiger partial charge in [0.2, 0.25) is 10.0 Å². The SMILES string of the molecule is COc1ccc(S(=O)(=O)N(Cc2ccncc2)C(C(=O)NO)[C@H]2CC[C@@H](O)CC2)cc1.Cl. The summed E-state index contributed by atoms with van der Waals surface area (Å²) in [5.74, 6) is -0.650. The Labute approximate surface area is 193 Å². The number of aliphatic hydroxyl groups is 1. The van der Waals surface area contributed by atoms with Crippen LogP contribution in [0.2, 0.25) is 0 Å². The van der Waals surface area contributed by atoms with E-state index < -0.39 is 28.1 Å². The summed E-state index contributed by atoms with van der Waals surface area (Å²) in [4.78, 5) is 16.7. The number of nitrogens with one attached hydrogen (secondary N) is 1. The smallest absolute Gasteiger partial charge is 0.262 e. The number of benzene rings is 1. The van der Waals surface area contributed by atoms with Crippen LogP contribution in [-0.2, 0) is 21.4 Å². The highest BCUT2D eigenvalue weighted by molar-refractivity contribution is 7.89. The maximum absolute atomic E-state index is 13.7. The van der Waals surface area contributed by atoms with Crippen molar-refractivity contribution in [2.75, 3.05) is 7.11 Å². The number of hydrogen-bond acceptors (Lipinski definition) is 7. The number of carbonyl (C=O) groups excluding carboxylic acids is 1. The Morgan fingerprint density at radius 3 is 2.28 bits per heavy atom. The molecule has 0 radical (unpaired) electrons. The van der Waals surface area contributed by atoms with E-state index in [1.54, 1.807) is 30.0 Å². The van der Waals surface area contributed by atoms with Crippen molar-refractivity contribution in [3.8, 4) is 5.75 Å². The number of ether oxygens (including phenoxy) is 1. The van der Waals surface area contributed by atoms with Crippen LogP contribution in [0.25, 0.3) is 0 Å². The lowest BCUT2D eigenvalue weighted by Crippen LogP contribution is -2.53. The van der Waals surface area contributed by atoms with Gasteiger partial charge in [-0.2, -0.15) is 4.31 Å². The summed E-state index contributed by atoms with van der Waals surface area (Å²) in [5, 5.41) is 19.3. The molecule has 3 N–H and O–H groups in total. The monoisotopic (exact) mass is 485 g/mol. The van der Waals surface area contributed by atoms with Gasteiger partial charge in [0, 0.05) is 18.9 Å². The first-order valence-electron chi connectivity index (χ1n) is 10.0. The third kappa shape index (κ3) is 5.96. The van der Waals surface area contributed by atoms with Gasteiger partial charge in [0.1, 0.15) is 11.8 Å². The Morgan fingerprint density at radius 2 is 1.75 bits per heavy atom. The standard InChI is InChI=1S/C21H27N3O6S.ClH/c1-30-18-6-8-19(9-7-18)31(28,29)24(14-15-10-12-22-13-11-15)20(21(26)23-27)16-2-4-17(25)5-3-16;/h6-13,16-17,20,25,27H,2-5,14H2,1H3,(H,23,26);1H/t16-,17+,20?;. The second kappa shape index (κ2) is 11.6. The van der Waals surface area contributed by atoms with E-state index in [1.807, 2.05) is 0 Å². The summed E-state index contributed by atoms with van der Waals surface area (Å²) in [6.45, 7) is -0.0754. The van der Waals surface area contributed by atoms with E-state index in [4.69, 9.17) is 4.74 Å². The first-order chi connectivity index (χ1) is 14.9. The summed E-state index contributed by atoms with van der Waals surface area (Å²) >= 11 is 0. The number of rotatable bonds is 8. The molecule has 3 rings (SSSR count). The highest BCUT2D eigenvalue weighted by atomic mass is 35.5. The van der Waals surface area contributed by atoms with Crippen LogP contribution < -0.4 is 10.2 Å². The van der Waals surface area contributed by atoms with E-state index in [1.165, 1.54) is 31.4 Å². The average Bonchev–Trinajstić information content (AvgIpc) is 2.80. The van der Waals surface area contributed by atoms with E-state index in [2.05, 4.69) is 4.98 Å². The Bertz CT molecular complexity index is 967. The molecule has 0 aliphatic heterocycles. The van der Waals surface area contributed by atoms with Crippen molar-refractivity contribution in [1.29, 1.82) is 0 Å². The predicted octanol–water partition coefficient (Wildman–Crippen LogP) is 2.13. The van der Waals surface area contributed by atoms with E-state index in [0.29, 0.717) is 37.0 Å². The number of amides is 1. The minimum absolute atomic E-state index is 0. The lowest BCUT2D eigenvalue weighted by atomic mass is 9.82. The van der Waals surface area contributed by atoms with Crippen LogP contribution in [0.1, 0.15) is 31.2 Å². The van der Waals surface area contributed by atoms with Gasteiger partial charge in [-0.05, 0) is 73.6 Å². The van der Waals surface area contributed by atoms with Gasteiger partial charge in [-0.25, -0.2) is 13.9 Å². The molecular weight excluding hydrogens is 458 g/mol. The number of aromatic nitrogens is 1. The molecule has 9 nitrogen and oxygen atoms in total. The molecule has 2 aromatic rings. The number of methoxy groups -OCH3 is 1. The number of aliphatic hydroxyl groups excluding tert-OH is 1. The molecule has 1 aromatic heterocycles. The molecule has 1 aliphatic rings. The molecular formula is C21H28ClN3O6S. The summed E-state index contributed by atoms with van der Waals surface area (Å²) in [6.07, 6.45) is 4.48. The van der Waals surface area contributed by atoms with Gasteiger partial charge < -0.3 is 9.84 Å². The maximum Gasteiger partial charge on any atom is 0.262 e. The van der Waals surface area contributed by atoms with Crippen molar-refractivity contribution < 1.29 is 28.3 Å². The number of sulfonamides is 1. The van der Waals surface area contributed by atoms with Crippen molar-refractivity contribution in [1.82, 2.24) is 14.8 Å². The van der Waals surface area contributed by atoms with Crippen LogP contribution in [0, 0.1) is 5.92 Å². The number of carbonyl (C=O) groups is 1. The molecule has 1 amide bonds. The summed E-state index contributed by atoms with van der Waals surface area (Å²) in [6, 6.07) is 8.13. The van der Waals surface area contributed by atoms with Gasteiger partial charge in [-0.1, -0.05) is 0 Å². The molecule has 1 aromatic carbocycles. The Balaban J connectivity index is 0.00000363. The van der Waals surface area contributed by atoms with Gasteiger partial charge in [0.15, 0.2) is 0 Å². The molecule has 1 aliphatic carbocycles. The quantitative estimate of drug-likeness (QED) is 0.385. The van der Waals surface area contributed by atoms with Gasteiger partial charge in [0.05, 0.1) is 18.1 Å². The third-order valence-corrected chi connectivity index (χ3v) is 7.47. The largest absolute Gasteiger partial charge is 0.497 e. The summed E-state index contributed by atoms with van der Waals surface area (Å²) in [7, 11) is -2.63. The van der Waals surface area contributed by atoms with Crippen molar-refractivity contribution in [2.45, 2.75) is 49.3 Å². The number of hydrogen-bond donors (Lipinski definition) is 3. The van der Waals surface area contributed by atoms with Crippen LogP contribution in [0.4, 0.5) is 0 Å². The fraction of sp³-hybridized carbons (Fsp3) is 0.429. The first-order valence-corrected chi connectivity index (χ1v) is 11.5. The van der Waals surface area contributed by atoms with Gasteiger partial charge >= 0.3 is 0 Å². The van der Waals surface area contributed by atoms with E-state index in [-0.39, 0.29) is 29.8 Å². The molecule has 1 fully saturated rings. The zero-order chi connectivity index (χ0) is 22.4. The van der Waals surface area contributed by atoms with Crippen molar-refractivity contribution in [3.05, 3.63) is 54.4 Å². The maximum atomic E-state index is 13.7. The summed E-state index contributed by atoms with van der Waals surface area (Å²) < 4.78 is 33.6. The van der Waals surface area contributed by atoms with Crippen molar-refractivity contribution in [3.63, 3.8) is 0 Å². The topological polar surface area (TPSA) is 129 Å². The minimum atomic E-state index is -4.12. The lowest BCUT2D eigenvalue weighted by molar-refractivity contribution is -0.136. The Morgan fingerprint density at radius 1 is 1.16 bits per heavy atom. The zero-order valence-corrected chi connectivity index (χ0v) is 19.3. The number of pyridine rings is 1. The lowest BCUT2D eigenvalue weighted by Gasteiger charge is -2.37. The van der Waals surface area contributed by atoms with Crippen LogP contribution in [0.5, 0.6) is 5.75 Å². The zero-order valence-electron chi connectivity index (χ0n) is 17.6. The molecule has 0 saturated heterocycles. The third-order valence-electron chi connectivity index (χ3n) is 5.63. The normalized spacial score (nSPS) is 19.6. The average molecular weight is 486 g/mol. The van der Waals surface area contributed by atoms with Crippen molar-refractivity contribution >= 4 is 28.3 Å². The fourth-order valence-corrected chi connectivity index (χ4v) is 5.58. The van der Waals surface area contributed by atoms with Crippen molar-refractivity contribution in [2.24, 2.45) is 5.92 Å². The van der Waals surface area contributed by atoms with Crippen LogP contribution in [0.3, 0.4) is 0 Å². The molecule has 176 valence electrons. The molecule has 1 unspecified atom stereocenters. The Hall–Kier alpha value is -2.24.